The summed E-state index contributed by atoms with van der Waals surface area (Å²) in [7, 11) is 0. The summed E-state index contributed by atoms with van der Waals surface area (Å²) in [6, 6.07) is 6.28. The minimum atomic E-state index is 0.253. The summed E-state index contributed by atoms with van der Waals surface area (Å²) in [5.74, 6) is 1.15. The number of hydrogen-bond acceptors (Lipinski definition) is 3. The van der Waals surface area contributed by atoms with Gasteiger partial charge in [0, 0.05) is 10.2 Å². The van der Waals surface area contributed by atoms with Crippen molar-refractivity contribution in [3.8, 4) is 0 Å². The maximum Gasteiger partial charge on any atom is 0.161 e. The van der Waals surface area contributed by atoms with Crippen LogP contribution < -0.4 is 5.32 Å². The molecular formula is C14H17BrN2S. The molecule has 0 bridgehead atoms. The zero-order valence-electron chi connectivity index (χ0n) is 10.5. The quantitative estimate of drug-likeness (QED) is 0.817. The van der Waals surface area contributed by atoms with Crippen LogP contribution in [0.3, 0.4) is 0 Å². The van der Waals surface area contributed by atoms with Crippen LogP contribution in [-0.4, -0.2) is 16.5 Å². The molecule has 0 unspecified atom stereocenters. The van der Waals surface area contributed by atoms with Gasteiger partial charge in [-0.05, 0) is 47.3 Å². The first-order valence-corrected chi connectivity index (χ1v) is 8.21. The highest BCUT2D eigenvalue weighted by Gasteiger charge is 2.38. The summed E-state index contributed by atoms with van der Waals surface area (Å²) < 4.78 is 1.14. The number of anilines is 1. The largest absolute Gasteiger partial charge is 0.334 e. The predicted octanol–water partition coefficient (Wildman–Crippen LogP) is 4.59. The molecule has 1 N–H and O–H groups in total. The first kappa shape index (κ1) is 12.5. The van der Waals surface area contributed by atoms with Crippen molar-refractivity contribution in [3.63, 3.8) is 0 Å². The molecule has 96 valence electrons. The summed E-state index contributed by atoms with van der Waals surface area (Å²) >= 11 is 5.50. The average molecular weight is 325 g/mol. The Bertz CT molecular complexity index is 493. The molecular weight excluding hydrogens is 308 g/mol. The van der Waals surface area contributed by atoms with Gasteiger partial charge in [0.05, 0.1) is 11.2 Å². The summed E-state index contributed by atoms with van der Waals surface area (Å²) in [6.07, 6.45) is 5.21. The number of rotatable bonds is 1. The van der Waals surface area contributed by atoms with E-state index < -0.39 is 0 Å². The highest BCUT2D eigenvalue weighted by atomic mass is 79.9. The second-order valence-corrected chi connectivity index (χ2v) is 6.96. The van der Waals surface area contributed by atoms with Crippen LogP contribution in [0.15, 0.2) is 27.7 Å². The van der Waals surface area contributed by atoms with E-state index in [0.717, 1.165) is 21.1 Å². The fraction of sp³-hybridized carbons (Fsp3) is 0.500. The Balaban J connectivity index is 1.79. The number of nitrogens with zero attached hydrogens (tertiary/aromatic N) is 1. The second kappa shape index (κ2) is 4.89. The van der Waals surface area contributed by atoms with Crippen molar-refractivity contribution in [1.82, 2.24) is 0 Å². The fourth-order valence-corrected chi connectivity index (χ4v) is 4.26. The number of aryl methyl sites for hydroxylation is 1. The Kier molecular flexibility index (Phi) is 3.41. The molecule has 1 saturated carbocycles. The molecule has 3 rings (SSSR count). The lowest BCUT2D eigenvalue weighted by Crippen LogP contribution is -2.21. The maximum atomic E-state index is 4.93. The van der Waals surface area contributed by atoms with E-state index in [-0.39, 0.29) is 5.54 Å². The van der Waals surface area contributed by atoms with E-state index in [0.29, 0.717) is 0 Å². The summed E-state index contributed by atoms with van der Waals surface area (Å²) in [5, 5.41) is 4.55. The molecule has 0 radical (unpaired) electrons. The van der Waals surface area contributed by atoms with Gasteiger partial charge in [-0.1, -0.05) is 36.7 Å². The highest BCUT2D eigenvalue weighted by molar-refractivity contribution is 9.10. The molecule has 2 nitrogen and oxygen atoms in total. The summed E-state index contributed by atoms with van der Waals surface area (Å²) in [4.78, 5) is 4.93. The third-order valence-corrected chi connectivity index (χ3v) is 5.99. The van der Waals surface area contributed by atoms with Crippen molar-refractivity contribution in [2.24, 2.45) is 4.99 Å². The smallest absolute Gasteiger partial charge is 0.161 e. The van der Waals surface area contributed by atoms with Crippen LogP contribution in [0.25, 0.3) is 0 Å². The number of halogens is 1. The molecule has 1 aliphatic carbocycles. The molecule has 0 saturated heterocycles. The van der Waals surface area contributed by atoms with Crippen molar-refractivity contribution in [2.45, 2.75) is 38.1 Å². The second-order valence-electron chi connectivity index (χ2n) is 5.20. The van der Waals surface area contributed by atoms with Crippen LogP contribution in [0.4, 0.5) is 5.69 Å². The van der Waals surface area contributed by atoms with Gasteiger partial charge >= 0.3 is 0 Å². The Morgan fingerprint density at radius 2 is 2.11 bits per heavy atom. The Labute approximate surface area is 121 Å². The van der Waals surface area contributed by atoms with E-state index in [1.54, 1.807) is 0 Å². The third kappa shape index (κ3) is 2.32. The lowest BCUT2D eigenvalue weighted by molar-refractivity contribution is 0.508. The molecule has 1 heterocycles. The van der Waals surface area contributed by atoms with Gasteiger partial charge in [-0.2, -0.15) is 0 Å². The molecule has 1 fully saturated rings. The lowest BCUT2D eigenvalue weighted by Gasteiger charge is -2.16. The van der Waals surface area contributed by atoms with Crippen molar-refractivity contribution in [2.75, 3.05) is 11.1 Å². The standard InChI is InChI=1S/C14H17BrN2S/c1-10-5-4-6-11(12(10)15)16-13-17-14(9-18-13)7-2-3-8-14/h4-6H,2-3,7-9H2,1H3,(H,16,17). The number of hydrogen-bond donors (Lipinski definition) is 1. The normalized spacial score (nSPS) is 21.3. The van der Waals surface area contributed by atoms with Crippen LogP contribution in [0, 0.1) is 6.92 Å². The van der Waals surface area contributed by atoms with Crippen LogP contribution >= 0.6 is 27.7 Å². The number of aliphatic imine (C=N–C) groups is 1. The van der Waals surface area contributed by atoms with Gasteiger partial charge < -0.3 is 5.32 Å². The summed E-state index contributed by atoms with van der Waals surface area (Å²) in [6.45, 7) is 2.11. The maximum absolute atomic E-state index is 4.93. The van der Waals surface area contributed by atoms with E-state index in [1.807, 2.05) is 11.8 Å². The number of nitrogens with one attached hydrogen (secondary N) is 1. The van der Waals surface area contributed by atoms with Gasteiger partial charge in [-0.25, -0.2) is 0 Å². The molecule has 0 aromatic heterocycles. The molecule has 0 amide bonds. The first-order valence-electron chi connectivity index (χ1n) is 6.43. The van der Waals surface area contributed by atoms with Crippen LogP contribution in [0.5, 0.6) is 0 Å². The first-order chi connectivity index (χ1) is 8.69. The van der Waals surface area contributed by atoms with E-state index in [2.05, 4.69) is 46.4 Å². The van der Waals surface area contributed by atoms with Crippen molar-refractivity contribution < 1.29 is 0 Å². The number of amidine groups is 1. The molecule has 1 spiro atoms. The monoisotopic (exact) mass is 324 g/mol. The van der Waals surface area contributed by atoms with Crippen molar-refractivity contribution in [1.29, 1.82) is 0 Å². The molecule has 2 aliphatic rings. The average Bonchev–Trinajstić information content (AvgIpc) is 2.97. The molecule has 0 atom stereocenters. The minimum Gasteiger partial charge on any atom is -0.334 e. The van der Waals surface area contributed by atoms with Crippen molar-refractivity contribution >= 4 is 38.5 Å². The topological polar surface area (TPSA) is 24.4 Å². The molecule has 18 heavy (non-hydrogen) atoms. The molecule has 1 aromatic carbocycles. The SMILES string of the molecule is Cc1cccc(NC2=NC3(CCCC3)CS2)c1Br. The van der Waals surface area contributed by atoms with Gasteiger partial charge in [0.1, 0.15) is 0 Å². The Morgan fingerprint density at radius 3 is 2.89 bits per heavy atom. The van der Waals surface area contributed by atoms with Gasteiger partial charge in [0.15, 0.2) is 5.17 Å². The van der Waals surface area contributed by atoms with Gasteiger partial charge in [-0.15, -0.1) is 0 Å². The van der Waals surface area contributed by atoms with Gasteiger partial charge in [0.25, 0.3) is 0 Å². The van der Waals surface area contributed by atoms with E-state index in [9.17, 15) is 0 Å². The zero-order chi connectivity index (χ0) is 12.6. The molecule has 1 aromatic rings. The zero-order valence-corrected chi connectivity index (χ0v) is 12.9. The van der Waals surface area contributed by atoms with Crippen LogP contribution in [0.2, 0.25) is 0 Å². The molecule has 4 heteroatoms. The molecule has 1 aliphatic heterocycles. The van der Waals surface area contributed by atoms with Crippen LogP contribution in [0.1, 0.15) is 31.2 Å². The Hall–Kier alpha value is -0.480. The fourth-order valence-electron chi connectivity index (χ4n) is 2.70. The van der Waals surface area contributed by atoms with E-state index >= 15 is 0 Å². The number of benzene rings is 1. The minimum absolute atomic E-state index is 0.253. The predicted molar refractivity (Wildman–Crippen MR) is 83.6 cm³/mol. The highest BCUT2D eigenvalue weighted by Crippen LogP contribution is 2.41. The van der Waals surface area contributed by atoms with Crippen LogP contribution in [-0.2, 0) is 0 Å². The van der Waals surface area contributed by atoms with Gasteiger partial charge in [0.2, 0.25) is 0 Å². The third-order valence-electron chi connectivity index (χ3n) is 3.78. The summed E-state index contributed by atoms with van der Waals surface area (Å²) in [5.41, 5.74) is 2.62. The number of thioether (sulfide) groups is 1. The van der Waals surface area contributed by atoms with Crippen molar-refractivity contribution in [3.05, 3.63) is 28.2 Å². The van der Waals surface area contributed by atoms with E-state index in [1.165, 1.54) is 31.2 Å². The van der Waals surface area contributed by atoms with E-state index in [4.69, 9.17) is 4.99 Å². The Morgan fingerprint density at radius 1 is 1.33 bits per heavy atom. The lowest BCUT2D eigenvalue weighted by atomic mass is 10.0. The van der Waals surface area contributed by atoms with Gasteiger partial charge in [-0.3, -0.25) is 4.99 Å².